The highest BCUT2D eigenvalue weighted by molar-refractivity contribution is 7.12. The van der Waals surface area contributed by atoms with Crippen LogP contribution in [0.2, 0.25) is 0 Å². The highest BCUT2D eigenvalue weighted by Gasteiger charge is 2.41. The summed E-state index contributed by atoms with van der Waals surface area (Å²) in [6.07, 6.45) is 3.22. The summed E-state index contributed by atoms with van der Waals surface area (Å²) in [7, 11) is 2.99. The Kier molecular flexibility index (Phi) is 5.23. The number of carbonyl (C=O) groups is 2. The second-order valence-corrected chi connectivity index (χ2v) is 7.83. The summed E-state index contributed by atoms with van der Waals surface area (Å²) < 4.78 is 16.6. The van der Waals surface area contributed by atoms with Crippen LogP contribution < -0.4 is 20.1 Å². The average molecular weight is 402 g/mol. The van der Waals surface area contributed by atoms with Gasteiger partial charge in [0, 0.05) is 5.56 Å². The van der Waals surface area contributed by atoms with Crippen molar-refractivity contribution in [2.24, 2.45) is 0 Å². The Morgan fingerprint density at radius 1 is 1.18 bits per heavy atom. The van der Waals surface area contributed by atoms with Gasteiger partial charge in [0.15, 0.2) is 11.5 Å². The molecule has 148 valence electrons. The van der Waals surface area contributed by atoms with E-state index in [4.69, 9.17) is 14.2 Å². The zero-order valence-corrected chi connectivity index (χ0v) is 16.5. The van der Waals surface area contributed by atoms with Gasteiger partial charge in [-0.25, -0.2) is 0 Å². The topological polar surface area (TPSA) is 85.9 Å². The standard InChI is InChI=1S/C20H22N2O5S/c1-25-16-9-11(19(23)21-13-10-12-5-6-15(13)27-12)8-14(18(16)26-2)22-20(24)17-4-3-7-28-17/h3-4,7-9,12-13,15H,5-6,10H2,1-2H3,(H,21,23)(H,22,24)/t12-,13+,15+/m0/s1. The first-order chi connectivity index (χ1) is 13.6. The first-order valence-electron chi connectivity index (χ1n) is 9.16. The molecule has 2 aromatic rings. The summed E-state index contributed by atoms with van der Waals surface area (Å²) in [6, 6.07) is 6.77. The number of amides is 2. The number of hydrogen-bond donors (Lipinski definition) is 2. The van der Waals surface area contributed by atoms with Crippen molar-refractivity contribution in [2.75, 3.05) is 19.5 Å². The lowest BCUT2D eigenvalue weighted by molar-refractivity contribution is 0.0840. The van der Waals surface area contributed by atoms with Gasteiger partial charge in [0.25, 0.3) is 11.8 Å². The fourth-order valence-electron chi connectivity index (χ4n) is 3.82. The van der Waals surface area contributed by atoms with Crippen molar-refractivity contribution >= 4 is 28.8 Å². The maximum absolute atomic E-state index is 12.8. The zero-order valence-electron chi connectivity index (χ0n) is 15.7. The predicted octanol–water partition coefficient (Wildman–Crippen LogP) is 3.07. The van der Waals surface area contributed by atoms with E-state index in [-0.39, 0.29) is 30.1 Å². The molecule has 3 heterocycles. The number of benzene rings is 1. The molecular weight excluding hydrogens is 380 g/mol. The van der Waals surface area contributed by atoms with Gasteiger partial charge in [-0.05, 0) is 42.8 Å². The molecular formula is C20H22N2O5S. The molecule has 2 N–H and O–H groups in total. The Labute approximate surface area is 167 Å². The molecule has 3 atom stereocenters. The first-order valence-corrected chi connectivity index (χ1v) is 10.0. The van der Waals surface area contributed by atoms with Crippen LogP contribution in [0.5, 0.6) is 11.5 Å². The molecule has 28 heavy (non-hydrogen) atoms. The van der Waals surface area contributed by atoms with Gasteiger partial charge in [0.1, 0.15) is 0 Å². The van der Waals surface area contributed by atoms with E-state index in [1.807, 2.05) is 5.38 Å². The minimum absolute atomic E-state index is 0.0171. The summed E-state index contributed by atoms with van der Waals surface area (Å²) >= 11 is 1.34. The summed E-state index contributed by atoms with van der Waals surface area (Å²) in [5.41, 5.74) is 0.775. The maximum Gasteiger partial charge on any atom is 0.265 e. The largest absolute Gasteiger partial charge is 0.493 e. The lowest BCUT2D eigenvalue weighted by Crippen LogP contribution is -2.41. The Morgan fingerprint density at radius 2 is 2.04 bits per heavy atom. The molecule has 1 aromatic heterocycles. The molecule has 0 spiro atoms. The summed E-state index contributed by atoms with van der Waals surface area (Å²) in [5.74, 6) is 0.246. The van der Waals surface area contributed by atoms with E-state index < -0.39 is 0 Å². The summed E-state index contributed by atoms with van der Waals surface area (Å²) in [4.78, 5) is 25.9. The van der Waals surface area contributed by atoms with Gasteiger partial charge >= 0.3 is 0 Å². The molecule has 2 saturated heterocycles. The van der Waals surface area contributed by atoms with Crippen molar-refractivity contribution in [1.82, 2.24) is 5.32 Å². The number of anilines is 1. The van der Waals surface area contributed by atoms with E-state index >= 15 is 0 Å². The molecule has 2 aliphatic rings. The molecule has 2 aliphatic heterocycles. The van der Waals surface area contributed by atoms with Crippen LogP contribution in [-0.4, -0.2) is 44.3 Å². The quantitative estimate of drug-likeness (QED) is 0.776. The Bertz CT molecular complexity index is 883. The molecule has 7 nitrogen and oxygen atoms in total. The first kappa shape index (κ1) is 18.8. The normalized spacial score (nSPS) is 22.7. The third-order valence-electron chi connectivity index (χ3n) is 5.16. The van der Waals surface area contributed by atoms with Gasteiger partial charge in [-0.2, -0.15) is 0 Å². The van der Waals surface area contributed by atoms with Crippen molar-refractivity contribution in [3.05, 3.63) is 40.1 Å². The van der Waals surface area contributed by atoms with E-state index in [9.17, 15) is 9.59 Å². The fraction of sp³-hybridized carbons (Fsp3) is 0.400. The van der Waals surface area contributed by atoms with Gasteiger partial charge < -0.3 is 24.8 Å². The summed E-state index contributed by atoms with van der Waals surface area (Å²) in [6.45, 7) is 0. The number of carbonyl (C=O) groups excluding carboxylic acids is 2. The molecule has 2 amide bonds. The van der Waals surface area contributed by atoms with Crippen molar-refractivity contribution in [3.8, 4) is 11.5 Å². The second kappa shape index (κ2) is 7.81. The lowest BCUT2D eigenvalue weighted by Gasteiger charge is -2.21. The highest BCUT2D eigenvalue weighted by Crippen LogP contribution is 2.38. The number of ether oxygens (including phenoxy) is 3. The minimum atomic E-state index is -0.269. The smallest absolute Gasteiger partial charge is 0.265 e. The molecule has 0 radical (unpaired) electrons. The number of methoxy groups -OCH3 is 2. The summed E-state index contributed by atoms with van der Waals surface area (Å²) in [5, 5.41) is 7.70. The van der Waals surface area contributed by atoms with E-state index in [2.05, 4.69) is 10.6 Å². The number of hydrogen-bond acceptors (Lipinski definition) is 6. The second-order valence-electron chi connectivity index (χ2n) is 6.88. The van der Waals surface area contributed by atoms with Crippen LogP contribution in [0.15, 0.2) is 29.6 Å². The molecule has 4 rings (SSSR count). The molecule has 0 aliphatic carbocycles. The Morgan fingerprint density at radius 3 is 2.64 bits per heavy atom. The van der Waals surface area contributed by atoms with Gasteiger partial charge in [-0.3, -0.25) is 9.59 Å². The van der Waals surface area contributed by atoms with E-state index in [0.29, 0.717) is 27.6 Å². The number of thiophene rings is 1. The Balaban J connectivity index is 1.58. The average Bonchev–Trinajstić information content (AvgIpc) is 3.45. The van der Waals surface area contributed by atoms with Crippen LogP contribution in [-0.2, 0) is 4.74 Å². The minimum Gasteiger partial charge on any atom is -0.493 e. The van der Waals surface area contributed by atoms with Crippen molar-refractivity contribution in [1.29, 1.82) is 0 Å². The zero-order chi connectivity index (χ0) is 19.7. The molecule has 8 heteroatoms. The van der Waals surface area contributed by atoms with E-state index in [0.717, 1.165) is 19.3 Å². The molecule has 2 fully saturated rings. The third kappa shape index (κ3) is 3.57. The Hall–Kier alpha value is -2.58. The van der Waals surface area contributed by atoms with Crippen LogP contribution in [0.25, 0.3) is 0 Å². The van der Waals surface area contributed by atoms with Crippen LogP contribution in [0.3, 0.4) is 0 Å². The predicted molar refractivity (Wildman–Crippen MR) is 106 cm³/mol. The van der Waals surface area contributed by atoms with Crippen molar-refractivity contribution < 1.29 is 23.8 Å². The van der Waals surface area contributed by atoms with Gasteiger partial charge in [-0.1, -0.05) is 6.07 Å². The third-order valence-corrected chi connectivity index (χ3v) is 6.03. The van der Waals surface area contributed by atoms with Crippen LogP contribution >= 0.6 is 11.3 Å². The van der Waals surface area contributed by atoms with Crippen molar-refractivity contribution in [3.63, 3.8) is 0 Å². The number of rotatable bonds is 6. The fourth-order valence-corrected chi connectivity index (χ4v) is 4.44. The highest BCUT2D eigenvalue weighted by atomic mass is 32.1. The van der Waals surface area contributed by atoms with Gasteiger partial charge in [0.2, 0.25) is 0 Å². The van der Waals surface area contributed by atoms with Crippen LogP contribution in [0, 0.1) is 0 Å². The molecule has 1 aromatic carbocycles. The van der Waals surface area contributed by atoms with Gasteiger partial charge in [-0.15, -0.1) is 11.3 Å². The van der Waals surface area contributed by atoms with E-state index in [1.165, 1.54) is 25.6 Å². The lowest BCUT2D eigenvalue weighted by atomic mass is 9.95. The van der Waals surface area contributed by atoms with Gasteiger partial charge in [0.05, 0.1) is 43.0 Å². The SMILES string of the molecule is COc1cc(C(=O)N[C@@H]2C[C@@H]3CC[C@H]2O3)cc(NC(=O)c2cccs2)c1OC. The maximum atomic E-state index is 12.8. The van der Waals surface area contributed by atoms with Crippen LogP contribution in [0.4, 0.5) is 5.69 Å². The monoisotopic (exact) mass is 402 g/mol. The van der Waals surface area contributed by atoms with Crippen LogP contribution in [0.1, 0.15) is 39.3 Å². The number of nitrogens with one attached hydrogen (secondary N) is 2. The number of fused-ring (bicyclic) bond motifs is 2. The molecule has 0 unspecified atom stereocenters. The molecule has 0 saturated carbocycles. The van der Waals surface area contributed by atoms with E-state index in [1.54, 1.807) is 24.3 Å². The van der Waals surface area contributed by atoms with Crippen molar-refractivity contribution in [2.45, 2.75) is 37.5 Å². The molecule has 2 bridgehead atoms.